The van der Waals surface area contributed by atoms with E-state index in [4.69, 9.17) is 16.0 Å². The van der Waals surface area contributed by atoms with Crippen LogP contribution in [0.15, 0.2) is 27.4 Å². The van der Waals surface area contributed by atoms with Crippen LogP contribution in [0.3, 0.4) is 0 Å². The van der Waals surface area contributed by atoms with E-state index in [0.29, 0.717) is 11.1 Å². The van der Waals surface area contributed by atoms with Crippen LogP contribution in [0.1, 0.15) is 18.0 Å². The van der Waals surface area contributed by atoms with Crippen molar-refractivity contribution >= 4 is 17.0 Å². The van der Waals surface area contributed by atoms with E-state index in [9.17, 15) is 9.59 Å². The van der Waals surface area contributed by atoms with Crippen molar-refractivity contribution in [3.63, 3.8) is 0 Å². The molecule has 1 unspecified atom stereocenters. The van der Waals surface area contributed by atoms with Gasteiger partial charge in [-0.25, -0.2) is 10.6 Å². The molecule has 6 N–H and O–H groups in total. The molecule has 0 aliphatic carbocycles. The molecular weight excluding hydrogens is 224 g/mol. The number of aromatic amines is 1. The zero-order valence-electron chi connectivity index (χ0n) is 8.90. The van der Waals surface area contributed by atoms with Crippen LogP contribution in [0.4, 0.5) is 0 Å². The van der Waals surface area contributed by atoms with Gasteiger partial charge in [-0.3, -0.25) is 15.2 Å². The van der Waals surface area contributed by atoms with Crippen molar-refractivity contribution in [3.8, 4) is 0 Å². The second-order valence-electron chi connectivity index (χ2n) is 3.65. The van der Waals surface area contributed by atoms with E-state index in [1.54, 1.807) is 18.2 Å². The summed E-state index contributed by atoms with van der Waals surface area (Å²) in [5.41, 5.74) is 9.57. The van der Waals surface area contributed by atoms with Crippen LogP contribution in [0.5, 0.6) is 0 Å². The monoisotopic (exact) mass is 236 g/mol. The summed E-state index contributed by atoms with van der Waals surface area (Å²) < 4.78 is 4.85. The lowest BCUT2D eigenvalue weighted by atomic mass is 10.0. The fourth-order valence-corrected chi connectivity index (χ4v) is 1.58. The first-order chi connectivity index (χ1) is 8.10. The molecule has 0 saturated heterocycles. The van der Waals surface area contributed by atoms with E-state index in [2.05, 4.69) is 4.98 Å². The number of carbonyl (C=O) groups is 1. The molecule has 7 heteroatoms. The highest BCUT2D eigenvalue weighted by Crippen LogP contribution is 2.18. The van der Waals surface area contributed by atoms with Crippen LogP contribution in [-0.4, -0.2) is 10.9 Å². The average molecular weight is 236 g/mol. The van der Waals surface area contributed by atoms with Crippen molar-refractivity contribution in [1.29, 1.82) is 0 Å². The smallest absolute Gasteiger partial charge is 0.408 e. The van der Waals surface area contributed by atoms with E-state index >= 15 is 0 Å². The summed E-state index contributed by atoms with van der Waals surface area (Å²) in [6.07, 6.45) is 0.0735. The largest absolute Gasteiger partial charge is 0.417 e. The van der Waals surface area contributed by atoms with Gasteiger partial charge in [0.2, 0.25) is 5.91 Å². The molecule has 0 spiro atoms. The number of benzene rings is 1. The number of hydrogen-bond acceptors (Lipinski definition) is 5. The number of fused-ring (bicyclic) bond motifs is 1. The van der Waals surface area contributed by atoms with Gasteiger partial charge in [0.25, 0.3) is 0 Å². The zero-order valence-corrected chi connectivity index (χ0v) is 8.90. The second-order valence-corrected chi connectivity index (χ2v) is 3.65. The molecule has 1 amide bonds. The van der Waals surface area contributed by atoms with Gasteiger partial charge in [-0.2, -0.15) is 0 Å². The van der Waals surface area contributed by atoms with Crippen LogP contribution >= 0.6 is 0 Å². The zero-order chi connectivity index (χ0) is 12.4. The highest BCUT2D eigenvalue weighted by molar-refractivity contribution is 5.77. The SMILES string of the molecule is NNC(=O)CC(N)c1ccc2oc(=O)[nH]c2c1. The molecule has 0 saturated carbocycles. The van der Waals surface area contributed by atoms with Crippen LogP contribution < -0.4 is 22.8 Å². The van der Waals surface area contributed by atoms with E-state index in [1.807, 2.05) is 5.43 Å². The normalized spacial score (nSPS) is 12.6. The van der Waals surface area contributed by atoms with Crippen molar-refractivity contribution in [1.82, 2.24) is 10.4 Å². The molecule has 0 fully saturated rings. The summed E-state index contributed by atoms with van der Waals surface area (Å²) in [5, 5.41) is 0. The third kappa shape index (κ3) is 2.35. The highest BCUT2D eigenvalue weighted by atomic mass is 16.4. The number of rotatable bonds is 3. The summed E-state index contributed by atoms with van der Waals surface area (Å²) in [4.78, 5) is 24.5. The van der Waals surface area contributed by atoms with Gasteiger partial charge in [-0.05, 0) is 17.7 Å². The molecule has 2 aromatic rings. The molecular formula is C10H12N4O3. The first-order valence-corrected chi connectivity index (χ1v) is 4.98. The van der Waals surface area contributed by atoms with Gasteiger partial charge < -0.3 is 10.2 Å². The predicted octanol–water partition coefficient (Wildman–Crippen LogP) is -0.499. The lowest BCUT2D eigenvalue weighted by Gasteiger charge is -2.10. The summed E-state index contributed by atoms with van der Waals surface area (Å²) in [6, 6.07) is 4.52. The Kier molecular flexibility index (Phi) is 2.94. The quantitative estimate of drug-likeness (QED) is 0.324. The van der Waals surface area contributed by atoms with Gasteiger partial charge in [0.15, 0.2) is 5.58 Å². The molecule has 0 bridgehead atoms. The van der Waals surface area contributed by atoms with Crippen molar-refractivity contribution < 1.29 is 9.21 Å². The maximum Gasteiger partial charge on any atom is 0.417 e. The minimum atomic E-state index is -0.523. The molecule has 1 heterocycles. The summed E-state index contributed by atoms with van der Waals surface area (Å²) >= 11 is 0. The number of nitrogens with two attached hydrogens (primary N) is 2. The molecule has 7 nitrogen and oxygen atoms in total. The number of oxazole rings is 1. The molecule has 17 heavy (non-hydrogen) atoms. The predicted molar refractivity (Wildman–Crippen MR) is 60.7 cm³/mol. The molecule has 0 radical (unpaired) electrons. The van der Waals surface area contributed by atoms with Gasteiger partial charge in [0.05, 0.1) is 5.52 Å². The Morgan fingerprint density at radius 1 is 1.53 bits per heavy atom. The van der Waals surface area contributed by atoms with Gasteiger partial charge in [0, 0.05) is 12.5 Å². The number of nitrogens with one attached hydrogen (secondary N) is 2. The summed E-state index contributed by atoms with van der Waals surface area (Å²) in [5.74, 6) is 4.10. The van der Waals surface area contributed by atoms with E-state index < -0.39 is 11.8 Å². The van der Waals surface area contributed by atoms with Crippen molar-refractivity contribution in [3.05, 3.63) is 34.3 Å². The number of H-pyrrole nitrogens is 1. The Bertz CT molecular complexity index is 601. The fourth-order valence-electron chi connectivity index (χ4n) is 1.58. The van der Waals surface area contributed by atoms with Gasteiger partial charge in [-0.1, -0.05) is 6.07 Å². The van der Waals surface area contributed by atoms with Crippen LogP contribution in [0, 0.1) is 0 Å². The minimum Gasteiger partial charge on any atom is -0.408 e. The topological polar surface area (TPSA) is 127 Å². The molecule has 1 aromatic heterocycles. The minimum absolute atomic E-state index is 0.0735. The van der Waals surface area contributed by atoms with Gasteiger partial charge in [0.1, 0.15) is 0 Å². The number of amides is 1. The summed E-state index contributed by atoms with van der Waals surface area (Å²) in [6.45, 7) is 0. The highest BCUT2D eigenvalue weighted by Gasteiger charge is 2.12. The number of carbonyl (C=O) groups excluding carboxylic acids is 1. The number of hydrogen-bond donors (Lipinski definition) is 4. The lowest BCUT2D eigenvalue weighted by Crippen LogP contribution is -2.32. The van der Waals surface area contributed by atoms with Gasteiger partial charge >= 0.3 is 5.76 Å². The van der Waals surface area contributed by atoms with Crippen LogP contribution in [0.25, 0.3) is 11.1 Å². The Morgan fingerprint density at radius 2 is 2.29 bits per heavy atom. The first-order valence-electron chi connectivity index (χ1n) is 4.98. The van der Waals surface area contributed by atoms with E-state index in [-0.39, 0.29) is 12.3 Å². The maximum absolute atomic E-state index is 11.1. The maximum atomic E-state index is 11.1. The van der Waals surface area contributed by atoms with Gasteiger partial charge in [-0.15, -0.1) is 0 Å². The Morgan fingerprint density at radius 3 is 3.00 bits per heavy atom. The number of aromatic nitrogens is 1. The third-order valence-electron chi connectivity index (χ3n) is 2.44. The Balaban J connectivity index is 2.29. The van der Waals surface area contributed by atoms with Crippen LogP contribution in [0.2, 0.25) is 0 Å². The van der Waals surface area contributed by atoms with Crippen molar-refractivity contribution in [2.75, 3.05) is 0 Å². The van der Waals surface area contributed by atoms with Crippen molar-refractivity contribution in [2.24, 2.45) is 11.6 Å². The van der Waals surface area contributed by atoms with E-state index in [0.717, 1.165) is 5.56 Å². The average Bonchev–Trinajstić information content (AvgIpc) is 2.67. The molecule has 0 aliphatic heterocycles. The van der Waals surface area contributed by atoms with Crippen LogP contribution in [-0.2, 0) is 4.79 Å². The lowest BCUT2D eigenvalue weighted by molar-refractivity contribution is -0.121. The number of hydrazine groups is 1. The van der Waals surface area contributed by atoms with Crippen molar-refractivity contribution in [2.45, 2.75) is 12.5 Å². The second kappa shape index (κ2) is 4.40. The molecule has 0 aliphatic rings. The molecule has 1 aromatic carbocycles. The third-order valence-corrected chi connectivity index (χ3v) is 2.44. The Labute approximate surface area is 95.7 Å². The molecule has 90 valence electrons. The Hall–Kier alpha value is -2.12. The standard InChI is InChI=1S/C10H12N4O3/c11-6(4-9(15)14-12)5-1-2-8-7(3-5)13-10(16)17-8/h1-3,6H,4,11-12H2,(H,13,16)(H,14,15). The molecule has 2 rings (SSSR count). The first kappa shape index (κ1) is 11.4. The fraction of sp³-hybridized carbons (Fsp3) is 0.200. The van der Waals surface area contributed by atoms with E-state index in [1.165, 1.54) is 0 Å². The summed E-state index contributed by atoms with van der Waals surface area (Å²) in [7, 11) is 0. The molecule has 1 atom stereocenters.